The molecule has 2 heterocycles. The fraction of sp³-hybridized carbons (Fsp3) is 0.385. The summed E-state index contributed by atoms with van der Waals surface area (Å²) in [6.45, 7) is 5.78. The first-order chi connectivity index (χ1) is 9.24. The van der Waals surface area contributed by atoms with E-state index in [0.29, 0.717) is 0 Å². The molecule has 2 N–H and O–H groups in total. The fourth-order valence-corrected chi connectivity index (χ4v) is 3.05. The van der Waals surface area contributed by atoms with E-state index in [2.05, 4.69) is 25.2 Å². The number of piperazine rings is 1. The van der Waals surface area contributed by atoms with Gasteiger partial charge in [0.05, 0.1) is 11.4 Å². The molecule has 1 fully saturated rings. The van der Waals surface area contributed by atoms with Crippen molar-refractivity contribution >= 4 is 28.0 Å². The topological polar surface area (TPSA) is 58.3 Å². The van der Waals surface area contributed by atoms with Crippen molar-refractivity contribution in [3.8, 4) is 0 Å². The van der Waals surface area contributed by atoms with E-state index in [4.69, 9.17) is 5.73 Å². The number of anilines is 3. The third-order valence-corrected chi connectivity index (χ3v) is 4.21. The van der Waals surface area contributed by atoms with Crippen molar-refractivity contribution in [2.75, 3.05) is 41.7 Å². The summed E-state index contributed by atoms with van der Waals surface area (Å²) in [5, 5.41) is 1.03. The van der Waals surface area contributed by atoms with Crippen LogP contribution in [0.15, 0.2) is 24.3 Å². The number of hydrogen-bond acceptors (Lipinski definition) is 6. The lowest BCUT2D eigenvalue weighted by molar-refractivity contribution is 0.652. The molecule has 1 aromatic heterocycles. The lowest BCUT2D eigenvalue weighted by Crippen LogP contribution is -2.46. The molecule has 1 aromatic carbocycles. The van der Waals surface area contributed by atoms with Crippen LogP contribution in [0.2, 0.25) is 0 Å². The number of hydrogen-bond donors (Lipinski definition) is 1. The standard InChI is InChI=1S/C13H17N5S/c1-10-15-13(19-16-10)18-8-6-17(7-9-18)12-5-3-2-4-11(12)14/h2-5H,6-9,14H2,1H3. The molecule has 2 aromatic rings. The van der Waals surface area contributed by atoms with Gasteiger partial charge in [0.2, 0.25) is 5.13 Å². The Balaban J connectivity index is 1.68. The predicted octanol–water partition coefficient (Wildman–Crippen LogP) is 1.76. The highest BCUT2D eigenvalue weighted by atomic mass is 32.1. The molecule has 1 aliphatic heterocycles. The minimum atomic E-state index is 0.850. The van der Waals surface area contributed by atoms with Crippen molar-refractivity contribution < 1.29 is 0 Å². The summed E-state index contributed by atoms with van der Waals surface area (Å²) in [4.78, 5) is 9.06. The van der Waals surface area contributed by atoms with Crippen LogP contribution in [-0.2, 0) is 0 Å². The second kappa shape index (κ2) is 5.05. The Morgan fingerprint density at radius 1 is 1.11 bits per heavy atom. The number of aryl methyl sites for hydroxylation is 1. The van der Waals surface area contributed by atoms with E-state index in [1.165, 1.54) is 11.5 Å². The zero-order chi connectivity index (χ0) is 13.2. The largest absolute Gasteiger partial charge is 0.397 e. The molecule has 1 aliphatic rings. The van der Waals surface area contributed by atoms with Gasteiger partial charge in [-0.1, -0.05) is 12.1 Å². The first-order valence-electron chi connectivity index (χ1n) is 6.39. The Labute approximate surface area is 116 Å². The van der Waals surface area contributed by atoms with Crippen molar-refractivity contribution in [1.29, 1.82) is 0 Å². The van der Waals surface area contributed by atoms with Crippen LogP contribution in [0.1, 0.15) is 5.82 Å². The molecular formula is C13H17N5S. The van der Waals surface area contributed by atoms with Crippen LogP contribution in [0.5, 0.6) is 0 Å². The minimum absolute atomic E-state index is 0.850. The molecule has 19 heavy (non-hydrogen) atoms. The maximum atomic E-state index is 6.02. The maximum absolute atomic E-state index is 6.02. The number of nitrogen functional groups attached to an aromatic ring is 1. The highest BCUT2D eigenvalue weighted by molar-refractivity contribution is 7.09. The highest BCUT2D eigenvalue weighted by Gasteiger charge is 2.20. The summed E-state index contributed by atoms with van der Waals surface area (Å²) in [5.74, 6) is 0.856. The van der Waals surface area contributed by atoms with Crippen molar-refractivity contribution in [2.45, 2.75) is 6.92 Å². The molecule has 5 nitrogen and oxygen atoms in total. The van der Waals surface area contributed by atoms with E-state index in [0.717, 1.165) is 48.5 Å². The van der Waals surface area contributed by atoms with E-state index in [1.807, 2.05) is 25.1 Å². The highest BCUT2D eigenvalue weighted by Crippen LogP contribution is 2.25. The summed E-state index contributed by atoms with van der Waals surface area (Å²) in [6.07, 6.45) is 0. The summed E-state index contributed by atoms with van der Waals surface area (Å²) >= 11 is 1.48. The normalized spacial score (nSPS) is 15.8. The zero-order valence-electron chi connectivity index (χ0n) is 10.9. The van der Waals surface area contributed by atoms with Crippen molar-refractivity contribution in [1.82, 2.24) is 9.36 Å². The van der Waals surface area contributed by atoms with Gasteiger partial charge in [-0.3, -0.25) is 0 Å². The first kappa shape index (κ1) is 12.2. The third-order valence-electron chi connectivity index (χ3n) is 3.34. The van der Waals surface area contributed by atoms with E-state index in [-0.39, 0.29) is 0 Å². The van der Waals surface area contributed by atoms with E-state index < -0.39 is 0 Å². The molecular weight excluding hydrogens is 258 g/mol. The summed E-state index contributed by atoms with van der Waals surface area (Å²) in [5.41, 5.74) is 8.01. The molecule has 0 radical (unpaired) electrons. The summed E-state index contributed by atoms with van der Waals surface area (Å²) < 4.78 is 4.24. The van der Waals surface area contributed by atoms with Gasteiger partial charge >= 0.3 is 0 Å². The van der Waals surface area contributed by atoms with Crippen LogP contribution in [-0.4, -0.2) is 35.5 Å². The van der Waals surface area contributed by atoms with Gasteiger partial charge in [0.25, 0.3) is 0 Å². The number of nitrogens with zero attached hydrogens (tertiary/aromatic N) is 4. The maximum Gasteiger partial charge on any atom is 0.205 e. The molecule has 0 spiro atoms. The Kier molecular flexibility index (Phi) is 3.25. The second-order valence-corrected chi connectivity index (χ2v) is 5.39. The molecule has 0 unspecified atom stereocenters. The number of rotatable bonds is 2. The lowest BCUT2D eigenvalue weighted by atomic mass is 10.2. The van der Waals surface area contributed by atoms with Gasteiger partial charge < -0.3 is 15.5 Å². The van der Waals surface area contributed by atoms with Gasteiger partial charge in [-0.25, -0.2) is 4.98 Å². The second-order valence-electron chi connectivity index (χ2n) is 4.66. The van der Waals surface area contributed by atoms with Crippen molar-refractivity contribution in [2.24, 2.45) is 0 Å². The first-order valence-corrected chi connectivity index (χ1v) is 7.16. The Morgan fingerprint density at radius 2 is 1.79 bits per heavy atom. The average Bonchev–Trinajstić information content (AvgIpc) is 2.86. The average molecular weight is 275 g/mol. The Hall–Kier alpha value is -1.82. The molecule has 100 valence electrons. The monoisotopic (exact) mass is 275 g/mol. The SMILES string of the molecule is Cc1nsc(N2CCN(c3ccccc3N)CC2)n1. The predicted molar refractivity (Wildman–Crippen MR) is 79.9 cm³/mol. The molecule has 0 bridgehead atoms. The molecule has 0 amide bonds. The molecule has 0 saturated carbocycles. The van der Waals surface area contributed by atoms with Crippen LogP contribution < -0.4 is 15.5 Å². The quantitative estimate of drug-likeness (QED) is 0.846. The lowest BCUT2D eigenvalue weighted by Gasteiger charge is -2.36. The zero-order valence-corrected chi connectivity index (χ0v) is 11.7. The Bertz CT molecular complexity index is 560. The van der Waals surface area contributed by atoms with Gasteiger partial charge in [-0.05, 0) is 19.1 Å². The molecule has 3 rings (SSSR count). The van der Waals surface area contributed by atoms with Crippen LogP contribution >= 0.6 is 11.5 Å². The van der Waals surface area contributed by atoms with Gasteiger partial charge in [-0.2, -0.15) is 4.37 Å². The van der Waals surface area contributed by atoms with Gasteiger partial charge in [0.1, 0.15) is 5.82 Å². The van der Waals surface area contributed by atoms with Crippen LogP contribution in [0.4, 0.5) is 16.5 Å². The number of para-hydroxylation sites is 2. The van der Waals surface area contributed by atoms with Crippen LogP contribution in [0, 0.1) is 6.92 Å². The third kappa shape index (κ3) is 2.49. The molecule has 0 atom stereocenters. The Morgan fingerprint density at radius 3 is 2.42 bits per heavy atom. The van der Waals surface area contributed by atoms with E-state index >= 15 is 0 Å². The minimum Gasteiger partial charge on any atom is -0.397 e. The van der Waals surface area contributed by atoms with Gasteiger partial charge in [0.15, 0.2) is 0 Å². The number of benzene rings is 1. The van der Waals surface area contributed by atoms with Crippen LogP contribution in [0.25, 0.3) is 0 Å². The summed E-state index contributed by atoms with van der Waals surface area (Å²) in [7, 11) is 0. The van der Waals surface area contributed by atoms with Gasteiger partial charge in [0, 0.05) is 37.7 Å². The fourth-order valence-electron chi connectivity index (χ4n) is 2.33. The van der Waals surface area contributed by atoms with Crippen molar-refractivity contribution in [3.05, 3.63) is 30.1 Å². The number of nitrogens with two attached hydrogens (primary N) is 1. The molecule has 0 aliphatic carbocycles. The van der Waals surface area contributed by atoms with Crippen molar-refractivity contribution in [3.63, 3.8) is 0 Å². The molecule has 1 saturated heterocycles. The van der Waals surface area contributed by atoms with E-state index in [9.17, 15) is 0 Å². The number of aromatic nitrogens is 2. The molecule has 6 heteroatoms. The summed E-state index contributed by atoms with van der Waals surface area (Å²) in [6, 6.07) is 8.04. The van der Waals surface area contributed by atoms with E-state index in [1.54, 1.807) is 0 Å². The van der Waals surface area contributed by atoms with Crippen LogP contribution in [0.3, 0.4) is 0 Å². The van der Waals surface area contributed by atoms with Gasteiger partial charge in [-0.15, -0.1) is 0 Å². The smallest absolute Gasteiger partial charge is 0.205 e.